The summed E-state index contributed by atoms with van der Waals surface area (Å²) in [4.78, 5) is 12.1. The fourth-order valence-corrected chi connectivity index (χ4v) is 3.61. The Hall–Kier alpha value is -2.48. The lowest BCUT2D eigenvalue weighted by atomic mass is 10.1. The van der Waals surface area contributed by atoms with Gasteiger partial charge in [0.25, 0.3) is 0 Å². The van der Waals surface area contributed by atoms with Crippen molar-refractivity contribution in [2.24, 2.45) is 0 Å². The van der Waals surface area contributed by atoms with Crippen LogP contribution in [0.2, 0.25) is 0 Å². The maximum absolute atomic E-state index is 13.4. The third kappa shape index (κ3) is 6.02. The van der Waals surface area contributed by atoms with Crippen molar-refractivity contribution in [3.63, 3.8) is 0 Å². The van der Waals surface area contributed by atoms with E-state index < -0.39 is 21.7 Å². The SMILES string of the molecule is CC(NC(=O)CCCN(c1ccc(F)c(F)c1)S(C)(=O)=O)c1ccccc1. The highest BCUT2D eigenvalue weighted by Gasteiger charge is 2.19. The molecule has 5 nitrogen and oxygen atoms in total. The standard InChI is InChI=1S/C19H22F2N2O3S/c1-14(15-7-4-3-5-8-15)22-19(24)9-6-12-23(27(2,25)26)16-10-11-17(20)18(21)13-16/h3-5,7-8,10-11,13-14H,6,9,12H2,1-2H3,(H,22,24). The molecule has 0 spiro atoms. The van der Waals surface area contributed by atoms with Crippen molar-refractivity contribution in [3.8, 4) is 0 Å². The van der Waals surface area contributed by atoms with Crippen molar-refractivity contribution < 1.29 is 22.0 Å². The molecule has 1 amide bonds. The molecule has 0 aromatic heterocycles. The molecule has 2 aromatic carbocycles. The van der Waals surface area contributed by atoms with Gasteiger partial charge >= 0.3 is 0 Å². The molecule has 1 unspecified atom stereocenters. The van der Waals surface area contributed by atoms with Gasteiger partial charge in [0.1, 0.15) is 0 Å². The zero-order valence-electron chi connectivity index (χ0n) is 15.2. The van der Waals surface area contributed by atoms with Crippen molar-refractivity contribution in [2.45, 2.75) is 25.8 Å². The molecule has 2 rings (SSSR count). The van der Waals surface area contributed by atoms with E-state index in [9.17, 15) is 22.0 Å². The molecule has 1 atom stereocenters. The predicted molar refractivity (Wildman–Crippen MR) is 101 cm³/mol. The molecule has 0 saturated heterocycles. The van der Waals surface area contributed by atoms with E-state index in [0.29, 0.717) is 0 Å². The Labute approximate surface area is 158 Å². The molecule has 8 heteroatoms. The Balaban J connectivity index is 1.95. The number of hydrogen-bond donors (Lipinski definition) is 1. The van der Waals surface area contributed by atoms with Crippen molar-refractivity contribution in [3.05, 3.63) is 65.7 Å². The van der Waals surface area contributed by atoms with E-state index in [0.717, 1.165) is 28.3 Å². The number of sulfonamides is 1. The Bertz CT molecular complexity index is 889. The molecular weight excluding hydrogens is 374 g/mol. The van der Waals surface area contributed by atoms with E-state index in [1.165, 1.54) is 6.07 Å². The summed E-state index contributed by atoms with van der Waals surface area (Å²) in [5.74, 6) is -2.40. The Morgan fingerprint density at radius 2 is 1.78 bits per heavy atom. The van der Waals surface area contributed by atoms with Gasteiger partial charge in [0, 0.05) is 19.0 Å². The predicted octanol–water partition coefficient (Wildman–Crippen LogP) is 3.39. The van der Waals surface area contributed by atoms with Crippen LogP contribution in [0.15, 0.2) is 48.5 Å². The number of carbonyl (C=O) groups excluding carboxylic acids is 1. The van der Waals surface area contributed by atoms with Crippen molar-refractivity contribution in [1.29, 1.82) is 0 Å². The maximum atomic E-state index is 13.4. The third-order valence-corrected chi connectivity index (χ3v) is 5.23. The molecule has 0 heterocycles. The first-order chi connectivity index (χ1) is 12.7. The van der Waals surface area contributed by atoms with Gasteiger partial charge in [0.15, 0.2) is 11.6 Å². The zero-order valence-corrected chi connectivity index (χ0v) is 16.0. The van der Waals surface area contributed by atoms with Gasteiger partial charge in [-0.1, -0.05) is 30.3 Å². The highest BCUT2D eigenvalue weighted by molar-refractivity contribution is 7.92. The van der Waals surface area contributed by atoms with Crippen LogP contribution in [-0.4, -0.2) is 27.1 Å². The summed E-state index contributed by atoms with van der Waals surface area (Å²) in [6, 6.07) is 12.2. The number of benzene rings is 2. The number of amides is 1. The zero-order chi connectivity index (χ0) is 20.0. The minimum Gasteiger partial charge on any atom is -0.350 e. The van der Waals surface area contributed by atoms with Crippen LogP contribution < -0.4 is 9.62 Å². The molecule has 2 aromatic rings. The average molecular weight is 396 g/mol. The molecule has 0 saturated carbocycles. The number of anilines is 1. The molecule has 0 aliphatic heterocycles. The van der Waals surface area contributed by atoms with Gasteiger partial charge in [0.2, 0.25) is 15.9 Å². The van der Waals surface area contributed by atoms with Gasteiger partial charge in [-0.15, -0.1) is 0 Å². The van der Waals surface area contributed by atoms with Crippen LogP contribution >= 0.6 is 0 Å². The summed E-state index contributed by atoms with van der Waals surface area (Å²) in [6.45, 7) is 1.84. The minimum atomic E-state index is -3.70. The van der Waals surface area contributed by atoms with Crippen molar-refractivity contribution in [1.82, 2.24) is 5.32 Å². The lowest BCUT2D eigenvalue weighted by Crippen LogP contribution is -2.32. The molecular formula is C19H22F2N2O3S. The Kier molecular flexibility index (Phi) is 6.90. The summed E-state index contributed by atoms with van der Waals surface area (Å²) in [5, 5.41) is 2.85. The number of rotatable bonds is 8. The molecule has 27 heavy (non-hydrogen) atoms. The second kappa shape index (κ2) is 8.94. The average Bonchev–Trinajstić information content (AvgIpc) is 2.61. The molecule has 0 aliphatic rings. The first-order valence-electron chi connectivity index (χ1n) is 8.45. The van der Waals surface area contributed by atoms with E-state index in [1.807, 2.05) is 37.3 Å². The fraction of sp³-hybridized carbons (Fsp3) is 0.316. The van der Waals surface area contributed by atoms with Crippen LogP contribution in [0, 0.1) is 11.6 Å². The topological polar surface area (TPSA) is 66.5 Å². The summed E-state index contributed by atoms with van der Waals surface area (Å²) in [7, 11) is -3.70. The van der Waals surface area contributed by atoms with E-state index in [-0.39, 0.29) is 37.0 Å². The van der Waals surface area contributed by atoms with Gasteiger partial charge in [-0.05, 0) is 31.0 Å². The lowest BCUT2D eigenvalue weighted by Gasteiger charge is -2.22. The van der Waals surface area contributed by atoms with Gasteiger partial charge < -0.3 is 5.32 Å². The maximum Gasteiger partial charge on any atom is 0.232 e. The summed E-state index contributed by atoms with van der Waals surface area (Å²) in [5.41, 5.74) is 0.986. The lowest BCUT2D eigenvalue weighted by molar-refractivity contribution is -0.121. The second-order valence-electron chi connectivity index (χ2n) is 6.24. The molecule has 146 valence electrons. The number of nitrogens with zero attached hydrogens (tertiary/aromatic N) is 1. The quantitative estimate of drug-likeness (QED) is 0.744. The van der Waals surface area contributed by atoms with Gasteiger partial charge in [0.05, 0.1) is 18.0 Å². The normalized spacial score (nSPS) is 12.4. The van der Waals surface area contributed by atoms with Gasteiger partial charge in [-0.25, -0.2) is 17.2 Å². The van der Waals surface area contributed by atoms with E-state index in [1.54, 1.807) is 0 Å². The van der Waals surface area contributed by atoms with Gasteiger partial charge in [-0.3, -0.25) is 9.10 Å². The third-order valence-electron chi connectivity index (χ3n) is 4.03. The van der Waals surface area contributed by atoms with Crippen LogP contribution in [0.5, 0.6) is 0 Å². The Morgan fingerprint density at radius 1 is 1.11 bits per heavy atom. The van der Waals surface area contributed by atoms with Gasteiger partial charge in [-0.2, -0.15) is 0 Å². The van der Waals surface area contributed by atoms with E-state index >= 15 is 0 Å². The first-order valence-corrected chi connectivity index (χ1v) is 10.3. The highest BCUT2D eigenvalue weighted by Crippen LogP contribution is 2.21. The van der Waals surface area contributed by atoms with Crippen LogP contribution in [0.4, 0.5) is 14.5 Å². The van der Waals surface area contributed by atoms with Crippen LogP contribution in [0.25, 0.3) is 0 Å². The largest absolute Gasteiger partial charge is 0.350 e. The number of halogens is 2. The van der Waals surface area contributed by atoms with Crippen LogP contribution in [0.1, 0.15) is 31.4 Å². The van der Waals surface area contributed by atoms with Crippen molar-refractivity contribution >= 4 is 21.6 Å². The molecule has 1 N–H and O–H groups in total. The molecule has 0 bridgehead atoms. The summed E-state index contributed by atoms with van der Waals surface area (Å²) < 4.78 is 51.4. The molecule has 0 aliphatic carbocycles. The smallest absolute Gasteiger partial charge is 0.232 e. The van der Waals surface area contributed by atoms with E-state index in [2.05, 4.69) is 5.32 Å². The van der Waals surface area contributed by atoms with Crippen LogP contribution in [0.3, 0.4) is 0 Å². The van der Waals surface area contributed by atoms with E-state index in [4.69, 9.17) is 0 Å². The minimum absolute atomic E-state index is 0.0168. The first kappa shape index (κ1) is 20.8. The summed E-state index contributed by atoms with van der Waals surface area (Å²) in [6.07, 6.45) is 1.32. The Morgan fingerprint density at radius 3 is 2.37 bits per heavy atom. The number of hydrogen-bond acceptors (Lipinski definition) is 3. The van der Waals surface area contributed by atoms with Crippen LogP contribution in [-0.2, 0) is 14.8 Å². The van der Waals surface area contributed by atoms with Crippen molar-refractivity contribution in [2.75, 3.05) is 17.1 Å². The monoisotopic (exact) mass is 396 g/mol. The highest BCUT2D eigenvalue weighted by atomic mass is 32.2. The number of carbonyl (C=O) groups is 1. The molecule has 0 radical (unpaired) electrons. The second-order valence-corrected chi connectivity index (χ2v) is 8.14. The number of nitrogens with one attached hydrogen (secondary N) is 1. The summed E-state index contributed by atoms with van der Waals surface area (Å²) >= 11 is 0. The fourth-order valence-electron chi connectivity index (χ4n) is 2.65. The molecule has 0 fully saturated rings.